The highest BCUT2D eigenvalue weighted by atomic mass is 32.2. The molecular formula is C23H22N4O4S. The first-order valence-corrected chi connectivity index (χ1v) is 10.7. The fourth-order valence-corrected chi connectivity index (χ4v) is 3.40. The number of thioether (sulfide) groups is 1. The summed E-state index contributed by atoms with van der Waals surface area (Å²) < 4.78 is 5.70. The minimum Gasteiger partial charge on any atom is -0.489 e. The van der Waals surface area contributed by atoms with E-state index in [0.717, 1.165) is 22.5 Å². The van der Waals surface area contributed by atoms with Crippen LogP contribution in [0.1, 0.15) is 32.9 Å². The molecule has 3 aromatic rings. The Morgan fingerprint density at radius 1 is 1.06 bits per heavy atom. The number of aryl methyl sites for hydroxylation is 2. The molecular weight excluding hydrogens is 428 g/mol. The third-order valence-electron chi connectivity index (χ3n) is 4.18. The van der Waals surface area contributed by atoms with E-state index < -0.39 is 5.97 Å². The molecule has 2 aromatic carbocycles. The average Bonchev–Trinajstić information content (AvgIpc) is 2.77. The summed E-state index contributed by atoms with van der Waals surface area (Å²) in [5, 5.41) is 13.5. The predicted octanol–water partition coefficient (Wildman–Crippen LogP) is 3.61. The fourth-order valence-electron chi connectivity index (χ4n) is 2.66. The quantitative estimate of drug-likeness (QED) is 0.222. The molecule has 0 saturated heterocycles. The van der Waals surface area contributed by atoms with Gasteiger partial charge in [-0.05, 0) is 67.4 Å². The highest BCUT2D eigenvalue weighted by molar-refractivity contribution is 7.99. The van der Waals surface area contributed by atoms with Gasteiger partial charge in [-0.25, -0.2) is 20.2 Å². The maximum atomic E-state index is 12.0. The third kappa shape index (κ3) is 7.21. The average molecular weight is 451 g/mol. The molecule has 0 aliphatic rings. The molecule has 0 unspecified atom stereocenters. The second kappa shape index (κ2) is 11.1. The normalized spacial score (nSPS) is 10.8. The SMILES string of the molecule is Cc1cc(C)nc(SCC(=O)N/N=C\c2ccc(OCc3ccc(C(=O)O)cc3)cc2)n1. The van der Waals surface area contributed by atoms with Crippen molar-refractivity contribution in [3.05, 3.63) is 82.7 Å². The van der Waals surface area contributed by atoms with Gasteiger partial charge in [-0.15, -0.1) is 0 Å². The van der Waals surface area contributed by atoms with Gasteiger partial charge in [0.2, 0.25) is 0 Å². The monoisotopic (exact) mass is 450 g/mol. The zero-order valence-electron chi connectivity index (χ0n) is 17.6. The molecule has 0 saturated carbocycles. The van der Waals surface area contributed by atoms with Crippen molar-refractivity contribution in [1.82, 2.24) is 15.4 Å². The Kier molecular flexibility index (Phi) is 7.93. The first-order valence-electron chi connectivity index (χ1n) is 9.71. The second-order valence-electron chi connectivity index (χ2n) is 6.87. The summed E-state index contributed by atoms with van der Waals surface area (Å²) in [6.07, 6.45) is 1.55. The van der Waals surface area contributed by atoms with Crippen molar-refractivity contribution in [3.8, 4) is 5.75 Å². The van der Waals surface area contributed by atoms with Crippen molar-refractivity contribution in [2.75, 3.05) is 5.75 Å². The van der Waals surface area contributed by atoms with Gasteiger partial charge in [-0.2, -0.15) is 5.10 Å². The van der Waals surface area contributed by atoms with E-state index in [9.17, 15) is 9.59 Å². The van der Waals surface area contributed by atoms with Gasteiger partial charge in [0.15, 0.2) is 5.16 Å². The van der Waals surface area contributed by atoms with E-state index in [1.807, 2.05) is 32.0 Å². The molecule has 0 fully saturated rings. The number of ether oxygens (including phenoxy) is 1. The topological polar surface area (TPSA) is 114 Å². The van der Waals surface area contributed by atoms with E-state index in [-0.39, 0.29) is 17.2 Å². The molecule has 0 spiro atoms. The van der Waals surface area contributed by atoms with Gasteiger partial charge < -0.3 is 9.84 Å². The fraction of sp³-hybridized carbons (Fsp3) is 0.174. The van der Waals surface area contributed by atoms with Crippen LogP contribution in [-0.4, -0.2) is 38.9 Å². The van der Waals surface area contributed by atoms with Crippen molar-refractivity contribution in [2.45, 2.75) is 25.6 Å². The van der Waals surface area contributed by atoms with E-state index in [4.69, 9.17) is 9.84 Å². The number of hydrogen-bond donors (Lipinski definition) is 2. The summed E-state index contributed by atoms with van der Waals surface area (Å²) >= 11 is 1.26. The lowest BCUT2D eigenvalue weighted by Gasteiger charge is -2.07. The van der Waals surface area contributed by atoms with Gasteiger partial charge >= 0.3 is 5.97 Å². The number of hydrazone groups is 1. The number of carbonyl (C=O) groups excluding carboxylic acids is 1. The van der Waals surface area contributed by atoms with Gasteiger partial charge in [0, 0.05) is 11.4 Å². The molecule has 9 heteroatoms. The molecule has 0 bridgehead atoms. The smallest absolute Gasteiger partial charge is 0.335 e. The largest absolute Gasteiger partial charge is 0.489 e. The summed E-state index contributed by atoms with van der Waals surface area (Å²) in [5.74, 6) is -0.373. The number of benzene rings is 2. The van der Waals surface area contributed by atoms with Crippen LogP contribution < -0.4 is 10.2 Å². The van der Waals surface area contributed by atoms with Crippen LogP contribution in [0, 0.1) is 13.8 Å². The molecule has 0 radical (unpaired) electrons. The number of hydrogen-bond acceptors (Lipinski definition) is 7. The summed E-state index contributed by atoms with van der Waals surface area (Å²) in [4.78, 5) is 31.4. The zero-order valence-corrected chi connectivity index (χ0v) is 18.4. The maximum absolute atomic E-state index is 12.0. The summed E-state index contributed by atoms with van der Waals surface area (Å²) in [6.45, 7) is 4.10. The highest BCUT2D eigenvalue weighted by Gasteiger charge is 2.05. The molecule has 0 atom stereocenters. The van der Waals surface area contributed by atoms with E-state index in [2.05, 4.69) is 20.5 Å². The number of carboxylic acid groups (broad SMARTS) is 1. The van der Waals surface area contributed by atoms with Crippen LogP contribution in [-0.2, 0) is 11.4 Å². The molecule has 1 heterocycles. The van der Waals surface area contributed by atoms with E-state index in [1.165, 1.54) is 11.8 Å². The lowest BCUT2D eigenvalue weighted by Crippen LogP contribution is -2.19. The number of carbonyl (C=O) groups is 2. The molecule has 2 N–H and O–H groups in total. The van der Waals surface area contributed by atoms with Crippen LogP contribution in [0.5, 0.6) is 5.75 Å². The van der Waals surface area contributed by atoms with Crippen LogP contribution >= 0.6 is 11.8 Å². The summed E-state index contributed by atoms with van der Waals surface area (Å²) in [7, 11) is 0. The second-order valence-corrected chi connectivity index (χ2v) is 7.82. The maximum Gasteiger partial charge on any atom is 0.335 e. The van der Waals surface area contributed by atoms with Crippen LogP contribution in [0.25, 0.3) is 0 Å². The van der Waals surface area contributed by atoms with Crippen molar-refractivity contribution >= 4 is 29.9 Å². The Bertz CT molecular complexity index is 1100. The van der Waals surface area contributed by atoms with Crippen LogP contribution in [0.4, 0.5) is 0 Å². The van der Waals surface area contributed by atoms with Gasteiger partial charge in [-0.3, -0.25) is 4.79 Å². The molecule has 8 nitrogen and oxygen atoms in total. The van der Waals surface area contributed by atoms with Gasteiger partial charge in [0.05, 0.1) is 17.5 Å². The number of carboxylic acids is 1. The van der Waals surface area contributed by atoms with Crippen molar-refractivity contribution in [2.24, 2.45) is 5.10 Å². The number of amides is 1. The Hall–Kier alpha value is -3.72. The lowest BCUT2D eigenvalue weighted by atomic mass is 10.1. The predicted molar refractivity (Wildman–Crippen MR) is 122 cm³/mol. The Labute approximate surface area is 189 Å². The van der Waals surface area contributed by atoms with Crippen molar-refractivity contribution in [1.29, 1.82) is 0 Å². The Morgan fingerprint density at radius 2 is 1.72 bits per heavy atom. The van der Waals surface area contributed by atoms with Gasteiger partial charge in [0.1, 0.15) is 12.4 Å². The van der Waals surface area contributed by atoms with E-state index in [1.54, 1.807) is 42.6 Å². The number of aromatic nitrogens is 2. The molecule has 3 rings (SSSR count). The minimum atomic E-state index is -0.958. The molecule has 1 amide bonds. The molecule has 32 heavy (non-hydrogen) atoms. The number of aromatic carboxylic acids is 1. The van der Waals surface area contributed by atoms with E-state index in [0.29, 0.717) is 17.5 Å². The van der Waals surface area contributed by atoms with Crippen molar-refractivity contribution < 1.29 is 19.4 Å². The number of rotatable bonds is 9. The number of nitrogens with one attached hydrogen (secondary N) is 1. The van der Waals surface area contributed by atoms with Crippen LogP contribution in [0.3, 0.4) is 0 Å². The number of nitrogens with zero attached hydrogens (tertiary/aromatic N) is 3. The molecule has 164 valence electrons. The molecule has 0 aliphatic carbocycles. The van der Waals surface area contributed by atoms with Gasteiger partial charge in [-0.1, -0.05) is 23.9 Å². The molecule has 1 aromatic heterocycles. The Morgan fingerprint density at radius 3 is 2.34 bits per heavy atom. The molecule has 0 aliphatic heterocycles. The van der Waals surface area contributed by atoms with E-state index >= 15 is 0 Å². The lowest BCUT2D eigenvalue weighted by molar-refractivity contribution is -0.118. The highest BCUT2D eigenvalue weighted by Crippen LogP contribution is 2.15. The summed E-state index contributed by atoms with van der Waals surface area (Å²) in [6, 6.07) is 15.6. The summed E-state index contributed by atoms with van der Waals surface area (Å²) in [5.41, 5.74) is 6.12. The Balaban J connectivity index is 1.43. The first-order chi connectivity index (χ1) is 15.4. The standard InChI is InChI=1S/C23H22N4O4S/c1-15-11-16(2)26-23(25-15)32-14-21(28)27-24-12-17-5-9-20(10-6-17)31-13-18-3-7-19(8-4-18)22(29)30/h3-12H,13-14H2,1-2H3,(H,27,28)(H,29,30)/b24-12-. The van der Waals surface area contributed by atoms with Crippen LogP contribution in [0.15, 0.2) is 64.9 Å². The minimum absolute atomic E-state index is 0.167. The zero-order chi connectivity index (χ0) is 22.9. The van der Waals surface area contributed by atoms with Crippen molar-refractivity contribution in [3.63, 3.8) is 0 Å². The van der Waals surface area contributed by atoms with Gasteiger partial charge in [0.25, 0.3) is 5.91 Å². The van der Waals surface area contributed by atoms with Crippen LogP contribution in [0.2, 0.25) is 0 Å². The third-order valence-corrected chi connectivity index (χ3v) is 5.03. The first kappa shape index (κ1) is 23.0.